The molecule has 0 radical (unpaired) electrons. The van der Waals surface area contributed by atoms with Gasteiger partial charge in [0.2, 0.25) is 0 Å². The van der Waals surface area contributed by atoms with Crippen molar-refractivity contribution in [1.82, 2.24) is 4.90 Å². The fourth-order valence-electron chi connectivity index (χ4n) is 4.35. The van der Waals surface area contributed by atoms with Gasteiger partial charge in [-0.15, -0.1) is 0 Å². The predicted octanol–water partition coefficient (Wildman–Crippen LogP) is 4.97. The number of phenolic OH excluding ortho intramolecular Hbond substituents is 1. The fraction of sp³-hybridized carbons (Fsp3) is 0.250. The molecule has 1 saturated heterocycles. The van der Waals surface area contributed by atoms with Gasteiger partial charge < -0.3 is 5.11 Å². The minimum atomic E-state index is 0.0266. The molecule has 4 rings (SSSR count). The summed E-state index contributed by atoms with van der Waals surface area (Å²) < 4.78 is 0. The monoisotopic (exact) mass is 343 g/mol. The molecular formula is C24H25NO. The Bertz CT molecular complexity index is 803. The van der Waals surface area contributed by atoms with Crippen molar-refractivity contribution in [3.63, 3.8) is 0 Å². The minimum absolute atomic E-state index is 0.0266. The summed E-state index contributed by atoms with van der Waals surface area (Å²) in [5, 5.41) is 9.54. The van der Waals surface area contributed by atoms with Gasteiger partial charge in [-0.05, 0) is 42.2 Å². The van der Waals surface area contributed by atoms with Gasteiger partial charge in [0.1, 0.15) is 5.75 Å². The highest BCUT2D eigenvalue weighted by atomic mass is 16.3. The second-order valence-corrected chi connectivity index (χ2v) is 7.44. The summed E-state index contributed by atoms with van der Waals surface area (Å²) in [6, 6.07) is 29.9. The van der Waals surface area contributed by atoms with Crippen LogP contribution in [-0.2, 0) is 12.0 Å². The van der Waals surface area contributed by atoms with E-state index in [-0.39, 0.29) is 5.41 Å². The van der Waals surface area contributed by atoms with E-state index in [4.69, 9.17) is 0 Å². The molecule has 1 N–H and O–H groups in total. The molecule has 2 nitrogen and oxygen atoms in total. The van der Waals surface area contributed by atoms with Crippen LogP contribution in [0.1, 0.15) is 30.0 Å². The molecule has 132 valence electrons. The third kappa shape index (κ3) is 3.13. The summed E-state index contributed by atoms with van der Waals surface area (Å²) in [5.74, 6) is 0.325. The van der Waals surface area contributed by atoms with Crippen LogP contribution >= 0.6 is 0 Å². The summed E-state index contributed by atoms with van der Waals surface area (Å²) in [4.78, 5) is 2.56. The highest BCUT2D eigenvalue weighted by molar-refractivity contribution is 5.42. The lowest BCUT2D eigenvalue weighted by Gasteiger charge is -2.31. The Hall–Kier alpha value is -2.58. The van der Waals surface area contributed by atoms with Gasteiger partial charge >= 0.3 is 0 Å². The van der Waals surface area contributed by atoms with Crippen LogP contribution in [0.2, 0.25) is 0 Å². The predicted molar refractivity (Wildman–Crippen MR) is 106 cm³/mol. The molecule has 0 aromatic heterocycles. The van der Waals surface area contributed by atoms with E-state index in [1.54, 1.807) is 12.1 Å². The van der Waals surface area contributed by atoms with Crippen molar-refractivity contribution in [2.24, 2.45) is 0 Å². The number of nitrogens with zero attached hydrogens (tertiary/aromatic N) is 1. The molecule has 1 atom stereocenters. The number of aromatic hydroxyl groups is 1. The van der Waals surface area contributed by atoms with Crippen LogP contribution in [0.3, 0.4) is 0 Å². The van der Waals surface area contributed by atoms with Crippen molar-refractivity contribution in [2.45, 2.75) is 31.3 Å². The summed E-state index contributed by atoms with van der Waals surface area (Å²) in [6.07, 6.45) is 1.11. The maximum absolute atomic E-state index is 9.54. The number of phenols is 1. The molecule has 0 spiro atoms. The van der Waals surface area contributed by atoms with E-state index in [1.165, 1.54) is 16.7 Å². The molecule has 3 aromatic carbocycles. The van der Waals surface area contributed by atoms with E-state index in [0.717, 1.165) is 19.5 Å². The Morgan fingerprint density at radius 2 is 1.38 bits per heavy atom. The van der Waals surface area contributed by atoms with E-state index in [9.17, 15) is 5.11 Å². The molecule has 1 fully saturated rings. The van der Waals surface area contributed by atoms with Crippen LogP contribution in [0.4, 0.5) is 0 Å². The normalized spacial score (nSPS) is 19.5. The molecule has 0 bridgehead atoms. The third-order valence-electron chi connectivity index (χ3n) is 5.71. The lowest BCUT2D eigenvalue weighted by atomic mass is 9.73. The number of benzene rings is 3. The number of hydrogen-bond acceptors (Lipinski definition) is 2. The van der Waals surface area contributed by atoms with Crippen LogP contribution in [0.25, 0.3) is 0 Å². The summed E-state index contributed by atoms with van der Waals surface area (Å²) in [6.45, 7) is 4.24. The zero-order chi connectivity index (χ0) is 18.0. The highest BCUT2D eigenvalue weighted by Gasteiger charge is 2.44. The van der Waals surface area contributed by atoms with E-state index in [1.807, 2.05) is 12.1 Å². The average Bonchev–Trinajstić information content (AvgIpc) is 3.02. The molecule has 0 amide bonds. The van der Waals surface area contributed by atoms with Crippen LogP contribution in [0.5, 0.6) is 5.75 Å². The SMILES string of the molecule is CC1CC(c2ccccc2)(c2ccccc2)CN1Cc1ccc(O)cc1. The first kappa shape index (κ1) is 16.9. The number of hydrogen-bond donors (Lipinski definition) is 1. The summed E-state index contributed by atoms with van der Waals surface area (Å²) in [5.41, 5.74) is 4.06. The van der Waals surface area contributed by atoms with Gasteiger partial charge in [-0.2, -0.15) is 0 Å². The largest absolute Gasteiger partial charge is 0.508 e. The topological polar surface area (TPSA) is 23.5 Å². The standard InChI is InChI=1S/C24H25NO/c1-19-16-24(21-8-4-2-5-9-21,22-10-6-3-7-11-22)18-25(19)17-20-12-14-23(26)15-13-20/h2-15,19,26H,16-18H2,1H3. The molecule has 1 unspecified atom stereocenters. The van der Waals surface area contributed by atoms with E-state index in [0.29, 0.717) is 11.8 Å². The Balaban J connectivity index is 1.69. The smallest absolute Gasteiger partial charge is 0.115 e. The maximum Gasteiger partial charge on any atom is 0.115 e. The molecule has 3 aromatic rings. The van der Waals surface area contributed by atoms with Crippen molar-refractivity contribution in [1.29, 1.82) is 0 Å². The van der Waals surface area contributed by atoms with E-state index >= 15 is 0 Å². The van der Waals surface area contributed by atoms with Crippen LogP contribution < -0.4 is 0 Å². The first-order valence-electron chi connectivity index (χ1n) is 9.30. The lowest BCUT2D eigenvalue weighted by molar-refractivity contribution is 0.254. The van der Waals surface area contributed by atoms with Gasteiger partial charge in [0.15, 0.2) is 0 Å². The zero-order valence-corrected chi connectivity index (χ0v) is 15.2. The Morgan fingerprint density at radius 3 is 1.92 bits per heavy atom. The van der Waals surface area contributed by atoms with Crippen molar-refractivity contribution < 1.29 is 5.11 Å². The molecule has 0 saturated carbocycles. The van der Waals surface area contributed by atoms with E-state index < -0.39 is 0 Å². The van der Waals surface area contributed by atoms with Gasteiger partial charge in [-0.1, -0.05) is 72.8 Å². The lowest BCUT2D eigenvalue weighted by Crippen LogP contribution is -2.32. The minimum Gasteiger partial charge on any atom is -0.508 e. The third-order valence-corrected chi connectivity index (χ3v) is 5.71. The molecule has 2 heteroatoms. The highest BCUT2D eigenvalue weighted by Crippen LogP contribution is 2.44. The first-order valence-corrected chi connectivity index (χ1v) is 9.30. The zero-order valence-electron chi connectivity index (χ0n) is 15.2. The number of likely N-dealkylation sites (tertiary alicyclic amines) is 1. The van der Waals surface area contributed by atoms with Crippen molar-refractivity contribution in [2.75, 3.05) is 6.54 Å². The van der Waals surface area contributed by atoms with Gasteiger partial charge in [0, 0.05) is 24.5 Å². The first-order chi connectivity index (χ1) is 12.7. The van der Waals surface area contributed by atoms with Gasteiger partial charge in [0.25, 0.3) is 0 Å². The quantitative estimate of drug-likeness (QED) is 0.723. The Morgan fingerprint density at radius 1 is 0.846 bits per heavy atom. The second kappa shape index (κ2) is 6.97. The van der Waals surface area contributed by atoms with Gasteiger partial charge in [-0.25, -0.2) is 0 Å². The second-order valence-electron chi connectivity index (χ2n) is 7.44. The molecule has 1 aliphatic heterocycles. The van der Waals surface area contributed by atoms with E-state index in [2.05, 4.69) is 72.5 Å². The number of rotatable bonds is 4. The molecular weight excluding hydrogens is 318 g/mol. The fourth-order valence-corrected chi connectivity index (χ4v) is 4.35. The molecule has 0 aliphatic carbocycles. The van der Waals surface area contributed by atoms with Crippen LogP contribution in [0.15, 0.2) is 84.9 Å². The van der Waals surface area contributed by atoms with Gasteiger partial charge in [-0.3, -0.25) is 4.90 Å². The van der Waals surface area contributed by atoms with Crippen molar-refractivity contribution in [3.8, 4) is 5.75 Å². The molecule has 1 heterocycles. The van der Waals surface area contributed by atoms with Crippen molar-refractivity contribution >= 4 is 0 Å². The van der Waals surface area contributed by atoms with Crippen molar-refractivity contribution in [3.05, 3.63) is 102 Å². The molecule has 26 heavy (non-hydrogen) atoms. The van der Waals surface area contributed by atoms with Crippen LogP contribution in [0, 0.1) is 0 Å². The molecule has 1 aliphatic rings. The maximum atomic E-state index is 9.54. The van der Waals surface area contributed by atoms with Gasteiger partial charge in [0.05, 0.1) is 0 Å². The summed E-state index contributed by atoms with van der Waals surface area (Å²) >= 11 is 0. The van der Waals surface area contributed by atoms with Crippen LogP contribution in [-0.4, -0.2) is 22.6 Å². The average molecular weight is 343 g/mol. The summed E-state index contributed by atoms with van der Waals surface area (Å²) in [7, 11) is 0. The Labute approximate surface area is 155 Å². The Kier molecular flexibility index (Phi) is 4.52.